The summed E-state index contributed by atoms with van der Waals surface area (Å²) in [5.41, 5.74) is -0.557. The van der Waals surface area contributed by atoms with Crippen LogP contribution in [0.1, 0.15) is 27.2 Å². The quantitative estimate of drug-likeness (QED) is 0.829. The molecule has 1 aliphatic rings. The molecule has 0 amide bonds. The zero-order valence-corrected chi connectivity index (χ0v) is 10.8. The summed E-state index contributed by atoms with van der Waals surface area (Å²) in [7, 11) is 1.38. The molecule has 0 saturated carbocycles. The van der Waals surface area contributed by atoms with E-state index in [2.05, 4.69) is 5.32 Å². The Labute approximate surface area is 101 Å². The highest BCUT2D eigenvalue weighted by Crippen LogP contribution is 2.29. The Hall–Kier alpha value is -0.550. The van der Waals surface area contributed by atoms with Crippen molar-refractivity contribution in [2.24, 2.45) is 11.3 Å². The molecule has 1 N–H and O–H groups in total. The highest BCUT2D eigenvalue weighted by molar-refractivity contribution is 5.89. The van der Waals surface area contributed by atoms with E-state index in [0.717, 1.165) is 0 Å². The maximum Gasteiger partial charge on any atom is 0.244 e. The van der Waals surface area contributed by atoms with Crippen molar-refractivity contribution in [3.8, 4) is 0 Å². The van der Waals surface area contributed by atoms with Crippen LogP contribution < -0.4 is 5.32 Å². The third kappa shape index (κ3) is 3.22. The molecule has 0 aromatic rings. The van der Waals surface area contributed by atoms with E-state index in [0.29, 0.717) is 13.0 Å². The molecule has 17 heavy (non-hydrogen) atoms. The predicted octanol–water partition coefficient (Wildman–Crippen LogP) is 1.86. The zero-order chi connectivity index (χ0) is 13.2. The van der Waals surface area contributed by atoms with Gasteiger partial charge in [-0.2, -0.15) is 0 Å². The molecule has 0 aliphatic carbocycles. The van der Waals surface area contributed by atoms with E-state index in [1.54, 1.807) is 20.8 Å². The monoisotopic (exact) mass is 249 g/mol. The summed E-state index contributed by atoms with van der Waals surface area (Å²) in [4.78, 5) is 12.2. The van der Waals surface area contributed by atoms with Gasteiger partial charge in [0, 0.05) is 18.4 Å². The van der Waals surface area contributed by atoms with E-state index in [4.69, 9.17) is 4.74 Å². The zero-order valence-electron chi connectivity index (χ0n) is 10.8. The Morgan fingerprint density at radius 2 is 2.00 bits per heavy atom. The van der Waals surface area contributed by atoms with Gasteiger partial charge < -0.3 is 10.1 Å². The Morgan fingerprint density at radius 3 is 2.41 bits per heavy atom. The molecule has 0 aromatic carbocycles. The first-order valence-corrected chi connectivity index (χ1v) is 5.87. The average Bonchev–Trinajstić information content (AvgIpc) is 2.25. The van der Waals surface area contributed by atoms with Gasteiger partial charge in [0.05, 0.1) is 12.1 Å². The van der Waals surface area contributed by atoms with Crippen LogP contribution in [0.3, 0.4) is 0 Å². The first-order chi connectivity index (χ1) is 7.79. The summed E-state index contributed by atoms with van der Waals surface area (Å²) in [5.74, 6) is -0.938. The predicted molar refractivity (Wildman–Crippen MR) is 61.2 cm³/mol. The van der Waals surface area contributed by atoms with Gasteiger partial charge in [-0.15, -0.1) is 0 Å². The van der Waals surface area contributed by atoms with Crippen LogP contribution in [0.5, 0.6) is 0 Å². The number of methoxy groups -OCH3 is 1. The second-order valence-corrected chi connectivity index (χ2v) is 5.53. The molecule has 1 fully saturated rings. The summed E-state index contributed by atoms with van der Waals surface area (Å²) in [6.45, 7) is 5.79. The van der Waals surface area contributed by atoms with Crippen molar-refractivity contribution in [2.75, 3.05) is 13.7 Å². The lowest BCUT2D eigenvalue weighted by molar-refractivity contribution is -0.138. The fraction of sp³-hybridized carbons (Fsp3) is 0.917. The Bertz CT molecular complexity index is 276. The number of Topliss-reactive ketones (excluding diaryl/α,β-unsaturated/α-hetero) is 1. The van der Waals surface area contributed by atoms with Crippen molar-refractivity contribution in [1.82, 2.24) is 5.32 Å². The van der Waals surface area contributed by atoms with Crippen LogP contribution in [0, 0.1) is 11.3 Å². The van der Waals surface area contributed by atoms with E-state index >= 15 is 0 Å². The van der Waals surface area contributed by atoms with Gasteiger partial charge >= 0.3 is 0 Å². The number of hydrogen-bond donors (Lipinski definition) is 1. The third-order valence-corrected chi connectivity index (χ3v) is 3.21. The van der Waals surface area contributed by atoms with Crippen LogP contribution in [0.25, 0.3) is 0 Å². The maximum absolute atomic E-state index is 12.9. The Kier molecular flexibility index (Phi) is 4.61. The van der Waals surface area contributed by atoms with Gasteiger partial charge in [0.1, 0.15) is 0 Å². The van der Waals surface area contributed by atoms with Crippen LogP contribution in [0.2, 0.25) is 0 Å². The van der Waals surface area contributed by atoms with Crippen LogP contribution in [0.15, 0.2) is 0 Å². The largest absolute Gasteiger partial charge is 0.379 e. The average molecular weight is 249 g/mol. The molecule has 0 aromatic heterocycles. The number of rotatable bonds is 3. The van der Waals surface area contributed by atoms with Crippen LogP contribution in [-0.2, 0) is 9.53 Å². The van der Waals surface area contributed by atoms with Crippen molar-refractivity contribution >= 4 is 5.78 Å². The topological polar surface area (TPSA) is 38.3 Å². The number of piperidine rings is 1. The lowest BCUT2D eigenvalue weighted by Crippen LogP contribution is -2.58. The summed E-state index contributed by atoms with van der Waals surface area (Å²) < 4.78 is 30.9. The molecule has 3 unspecified atom stereocenters. The van der Waals surface area contributed by atoms with Crippen molar-refractivity contribution in [1.29, 1.82) is 0 Å². The van der Waals surface area contributed by atoms with Gasteiger partial charge in [-0.05, 0) is 13.0 Å². The van der Waals surface area contributed by atoms with Gasteiger partial charge in [-0.1, -0.05) is 20.8 Å². The Balaban J connectivity index is 2.87. The van der Waals surface area contributed by atoms with Crippen LogP contribution in [0.4, 0.5) is 8.78 Å². The highest BCUT2D eigenvalue weighted by atomic mass is 19.3. The number of hydrogen-bond acceptors (Lipinski definition) is 3. The number of ether oxygens (including phenoxy) is 1. The minimum absolute atomic E-state index is 0.0744. The molecule has 0 radical (unpaired) electrons. The molecule has 3 nitrogen and oxygen atoms in total. The first-order valence-electron chi connectivity index (χ1n) is 5.87. The SMILES string of the molecule is COC1C(C(=O)C(C)(C)C)NCCC1C(F)F. The number of carbonyl (C=O) groups excluding carboxylic acids is 1. The van der Waals surface area contributed by atoms with Crippen LogP contribution in [-0.4, -0.2) is 38.0 Å². The molecule has 1 heterocycles. The van der Waals surface area contributed by atoms with Crippen molar-refractivity contribution in [3.63, 3.8) is 0 Å². The minimum atomic E-state index is -2.45. The molecular formula is C12H21F2NO2. The lowest BCUT2D eigenvalue weighted by Gasteiger charge is -2.39. The first kappa shape index (κ1) is 14.5. The minimum Gasteiger partial charge on any atom is -0.379 e. The number of nitrogens with one attached hydrogen (secondary N) is 1. The fourth-order valence-electron chi connectivity index (χ4n) is 2.22. The molecule has 3 atom stereocenters. The van der Waals surface area contributed by atoms with E-state index < -0.39 is 29.9 Å². The smallest absolute Gasteiger partial charge is 0.244 e. The molecule has 100 valence electrons. The molecule has 0 spiro atoms. The fourth-order valence-corrected chi connectivity index (χ4v) is 2.22. The van der Waals surface area contributed by atoms with Crippen molar-refractivity contribution < 1.29 is 18.3 Å². The summed E-state index contributed by atoms with van der Waals surface area (Å²) in [5, 5.41) is 3.00. The normalized spacial score (nSPS) is 30.6. The van der Waals surface area contributed by atoms with Gasteiger partial charge in [0.25, 0.3) is 0 Å². The number of alkyl halides is 2. The lowest BCUT2D eigenvalue weighted by atomic mass is 9.79. The maximum atomic E-state index is 12.9. The molecule has 1 rings (SSSR count). The second kappa shape index (κ2) is 5.40. The van der Waals surface area contributed by atoms with E-state index in [1.807, 2.05) is 0 Å². The standard InChI is InChI=1S/C12H21F2NO2/c1-12(2,3)10(16)8-9(17-4)7(11(13)14)5-6-15-8/h7-9,11,15H,5-6H2,1-4H3. The van der Waals surface area contributed by atoms with Gasteiger partial charge in [0.15, 0.2) is 5.78 Å². The highest BCUT2D eigenvalue weighted by Gasteiger charge is 2.44. The van der Waals surface area contributed by atoms with Crippen molar-refractivity contribution in [3.05, 3.63) is 0 Å². The third-order valence-electron chi connectivity index (χ3n) is 3.21. The second-order valence-electron chi connectivity index (χ2n) is 5.53. The van der Waals surface area contributed by atoms with Gasteiger partial charge in [0.2, 0.25) is 6.43 Å². The molecule has 0 bridgehead atoms. The molecule has 5 heteroatoms. The summed E-state index contributed by atoms with van der Waals surface area (Å²) >= 11 is 0. The van der Waals surface area contributed by atoms with Crippen LogP contribution >= 0.6 is 0 Å². The molecule has 1 aliphatic heterocycles. The van der Waals surface area contributed by atoms with Crippen molar-refractivity contribution in [2.45, 2.75) is 45.8 Å². The number of ketones is 1. The summed E-state index contributed by atoms with van der Waals surface area (Å²) in [6.07, 6.45) is -2.85. The number of carbonyl (C=O) groups is 1. The molecular weight excluding hydrogens is 228 g/mol. The molecule has 1 saturated heterocycles. The van der Waals surface area contributed by atoms with E-state index in [9.17, 15) is 13.6 Å². The van der Waals surface area contributed by atoms with Gasteiger partial charge in [-0.3, -0.25) is 4.79 Å². The Morgan fingerprint density at radius 1 is 1.41 bits per heavy atom. The number of halogens is 2. The van der Waals surface area contributed by atoms with Gasteiger partial charge in [-0.25, -0.2) is 8.78 Å². The van der Waals surface area contributed by atoms with E-state index in [-0.39, 0.29) is 5.78 Å². The summed E-state index contributed by atoms with van der Waals surface area (Å²) in [6, 6.07) is -0.632. The van der Waals surface area contributed by atoms with E-state index in [1.165, 1.54) is 7.11 Å².